The highest BCUT2D eigenvalue weighted by Crippen LogP contribution is 2.24. The standard InChI is InChI=1S/C16H17FN2O2/c1-19(14-10-6-5-9-13(14)17)11-16(18,15(20)21)12-7-3-2-4-8-12/h2-10H,11,18H2,1H3,(H,20,21). The van der Waals surface area contributed by atoms with E-state index in [4.69, 9.17) is 5.73 Å². The number of carboxylic acids is 1. The van der Waals surface area contributed by atoms with Crippen LogP contribution in [-0.4, -0.2) is 24.7 Å². The van der Waals surface area contributed by atoms with E-state index in [1.807, 2.05) is 0 Å². The van der Waals surface area contributed by atoms with Gasteiger partial charge in [0, 0.05) is 7.05 Å². The lowest BCUT2D eigenvalue weighted by molar-refractivity contribution is -0.143. The van der Waals surface area contributed by atoms with Crippen molar-refractivity contribution in [3.8, 4) is 0 Å². The number of nitrogens with zero attached hydrogens (tertiary/aromatic N) is 1. The molecule has 0 bridgehead atoms. The molecule has 0 saturated carbocycles. The lowest BCUT2D eigenvalue weighted by Gasteiger charge is -2.31. The Morgan fingerprint density at radius 1 is 1.19 bits per heavy atom. The largest absolute Gasteiger partial charge is 0.480 e. The van der Waals surface area contributed by atoms with Crippen LogP contribution in [0.1, 0.15) is 5.56 Å². The fourth-order valence-electron chi connectivity index (χ4n) is 2.24. The lowest BCUT2D eigenvalue weighted by atomic mass is 9.90. The van der Waals surface area contributed by atoms with Crippen molar-refractivity contribution >= 4 is 11.7 Å². The number of carbonyl (C=O) groups is 1. The number of anilines is 1. The van der Waals surface area contributed by atoms with E-state index < -0.39 is 17.3 Å². The van der Waals surface area contributed by atoms with Crippen LogP contribution in [-0.2, 0) is 10.3 Å². The Morgan fingerprint density at radius 3 is 2.33 bits per heavy atom. The molecule has 0 fully saturated rings. The van der Waals surface area contributed by atoms with Crippen LogP contribution in [0, 0.1) is 5.82 Å². The third-order valence-electron chi connectivity index (χ3n) is 3.42. The molecule has 0 spiro atoms. The molecule has 110 valence electrons. The van der Waals surface area contributed by atoms with Crippen molar-refractivity contribution in [3.63, 3.8) is 0 Å². The van der Waals surface area contributed by atoms with Gasteiger partial charge in [-0.05, 0) is 17.7 Å². The molecule has 1 unspecified atom stereocenters. The lowest BCUT2D eigenvalue weighted by Crippen LogP contribution is -2.53. The zero-order chi connectivity index (χ0) is 15.5. The van der Waals surface area contributed by atoms with Crippen LogP contribution in [0.5, 0.6) is 0 Å². The summed E-state index contributed by atoms with van der Waals surface area (Å²) in [5.41, 5.74) is 5.26. The van der Waals surface area contributed by atoms with Crippen molar-refractivity contribution in [3.05, 3.63) is 66.0 Å². The first-order valence-corrected chi connectivity index (χ1v) is 6.48. The molecule has 2 aromatic carbocycles. The molecular formula is C16H17FN2O2. The van der Waals surface area contributed by atoms with Crippen LogP contribution in [0.25, 0.3) is 0 Å². The molecule has 21 heavy (non-hydrogen) atoms. The highest BCUT2D eigenvalue weighted by molar-refractivity contribution is 5.81. The summed E-state index contributed by atoms with van der Waals surface area (Å²) in [4.78, 5) is 13.1. The predicted octanol–water partition coefficient (Wildman–Crippen LogP) is 2.20. The Labute approximate surface area is 122 Å². The summed E-state index contributed by atoms with van der Waals surface area (Å²) in [5.74, 6) is -1.57. The molecule has 2 rings (SSSR count). The number of hydrogen-bond donors (Lipinski definition) is 2. The Bertz CT molecular complexity index is 633. The smallest absolute Gasteiger partial charge is 0.330 e. The van der Waals surface area contributed by atoms with Crippen molar-refractivity contribution in [2.75, 3.05) is 18.5 Å². The highest BCUT2D eigenvalue weighted by atomic mass is 19.1. The minimum Gasteiger partial charge on any atom is -0.480 e. The summed E-state index contributed by atoms with van der Waals surface area (Å²) in [6, 6.07) is 14.7. The number of para-hydroxylation sites is 1. The summed E-state index contributed by atoms with van der Waals surface area (Å²) < 4.78 is 13.8. The minimum absolute atomic E-state index is 0.0483. The number of aliphatic carboxylic acids is 1. The van der Waals surface area contributed by atoms with Crippen molar-refractivity contribution in [1.29, 1.82) is 0 Å². The van der Waals surface area contributed by atoms with Crippen LogP contribution in [0.2, 0.25) is 0 Å². The number of halogens is 1. The van der Waals surface area contributed by atoms with Gasteiger partial charge in [-0.15, -0.1) is 0 Å². The molecule has 0 radical (unpaired) electrons. The van der Waals surface area contributed by atoms with Crippen molar-refractivity contribution in [2.24, 2.45) is 5.73 Å². The Hall–Kier alpha value is -2.40. The summed E-state index contributed by atoms with van der Waals surface area (Å²) in [5, 5.41) is 9.51. The van der Waals surface area contributed by atoms with E-state index in [-0.39, 0.29) is 6.54 Å². The molecule has 0 aliphatic heterocycles. The zero-order valence-corrected chi connectivity index (χ0v) is 11.7. The van der Waals surface area contributed by atoms with E-state index in [2.05, 4.69) is 0 Å². The molecule has 5 heteroatoms. The van der Waals surface area contributed by atoms with Gasteiger partial charge in [-0.1, -0.05) is 42.5 Å². The van der Waals surface area contributed by atoms with Crippen molar-refractivity contribution in [2.45, 2.75) is 5.54 Å². The van der Waals surface area contributed by atoms with Crippen LogP contribution < -0.4 is 10.6 Å². The summed E-state index contributed by atoms with van der Waals surface area (Å²) in [6.45, 7) is -0.0483. The van der Waals surface area contributed by atoms with Gasteiger partial charge in [-0.2, -0.15) is 0 Å². The van der Waals surface area contributed by atoms with Crippen LogP contribution >= 0.6 is 0 Å². The monoisotopic (exact) mass is 288 g/mol. The Balaban J connectivity index is 2.33. The average Bonchev–Trinajstić information content (AvgIpc) is 2.48. The van der Waals surface area contributed by atoms with E-state index >= 15 is 0 Å². The number of rotatable bonds is 5. The Kier molecular flexibility index (Phi) is 4.23. The van der Waals surface area contributed by atoms with Gasteiger partial charge in [0.25, 0.3) is 0 Å². The topological polar surface area (TPSA) is 66.6 Å². The van der Waals surface area contributed by atoms with Gasteiger partial charge >= 0.3 is 5.97 Å². The van der Waals surface area contributed by atoms with E-state index in [1.54, 1.807) is 55.6 Å². The third kappa shape index (κ3) is 3.03. The van der Waals surface area contributed by atoms with Gasteiger partial charge < -0.3 is 15.7 Å². The van der Waals surface area contributed by atoms with Gasteiger partial charge in [-0.25, -0.2) is 9.18 Å². The number of likely N-dealkylation sites (N-methyl/N-ethyl adjacent to an activating group) is 1. The normalized spacial score (nSPS) is 13.5. The van der Waals surface area contributed by atoms with Crippen LogP contribution in [0.4, 0.5) is 10.1 Å². The van der Waals surface area contributed by atoms with Crippen LogP contribution in [0.3, 0.4) is 0 Å². The maximum Gasteiger partial charge on any atom is 0.330 e. The first kappa shape index (κ1) is 15.0. The summed E-state index contributed by atoms with van der Waals surface area (Å²) in [7, 11) is 1.62. The first-order valence-electron chi connectivity index (χ1n) is 6.48. The summed E-state index contributed by atoms with van der Waals surface area (Å²) >= 11 is 0. The molecule has 0 aliphatic rings. The van der Waals surface area contributed by atoms with Crippen LogP contribution in [0.15, 0.2) is 54.6 Å². The van der Waals surface area contributed by atoms with Gasteiger partial charge in [0.1, 0.15) is 5.82 Å². The second-order valence-corrected chi connectivity index (χ2v) is 4.95. The molecule has 0 amide bonds. The maximum absolute atomic E-state index is 13.8. The fourth-order valence-corrected chi connectivity index (χ4v) is 2.24. The molecule has 0 heterocycles. The molecule has 1 atom stereocenters. The predicted molar refractivity (Wildman–Crippen MR) is 79.6 cm³/mol. The Morgan fingerprint density at radius 2 is 1.76 bits per heavy atom. The molecular weight excluding hydrogens is 271 g/mol. The minimum atomic E-state index is -1.61. The number of hydrogen-bond acceptors (Lipinski definition) is 3. The number of benzene rings is 2. The highest BCUT2D eigenvalue weighted by Gasteiger charge is 2.37. The number of nitrogens with two attached hydrogens (primary N) is 1. The summed E-state index contributed by atoms with van der Waals surface area (Å²) in [6.07, 6.45) is 0. The second-order valence-electron chi connectivity index (χ2n) is 4.95. The van der Waals surface area contributed by atoms with E-state index in [9.17, 15) is 14.3 Å². The zero-order valence-electron chi connectivity index (χ0n) is 11.7. The van der Waals surface area contributed by atoms with E-state index in [0.717, 1.165) is 0 Å². The van der Waals surface area contributed by atoms with E-state index in [1.165, 1.54) is 11.0 Å². The molecule has 2 aromatic rings. The molecule has 0 aromatic heterocycles. The van der Waals surface area contributed by atoms with Gasteiger partial charge in [0.05, 0.1) is 12.2 Å². The molecule has 4 nitrogen and oxygen atoms in total. The molecule has 0 saturated heterocycles. The SMILES string of the molecule is CN(CC(N)(C(=O)O)c1ccccc1)c1ccccc1F. The maximum atomic E-state index is 13.8. The van der Waals surface area contributed by atoms with Crippen molar-refractivity contribution < 1.29 is 14.3 Å². The fraction of sp³-hybridized carbons (Fsp3) is 0.188. The van der Waals surface area contributed by atoms with Gasteiger partial charge in [0.2, 0.25) is 0 Å². The van der Waals surface area contributed by atoms with E-state index in [0.29, 0.717) is 11.3 Å². The van der Waals surface area contributed by atoms with Gasteiger partial charge in [0.15, 0.2) is 5.54 Å². The third-order valence-corrected chi connectivity index (χ3v) is 3.42. The average molecular weight is 288 g/mol. The quantitative estimate of drug-likeness (QED) is 0.885. The van der Waals surface area contributed by atoms with Gasteiger partial charge in [-0.3, -0.25) is 0 Å². The molecule has 3 N–H and O–H groups in total. The molecule has 0 aliphatic carbocycles. The first-order chi connectivity index (χ1) is 9.95. The second kappa shape index (κ2) is 5.93. The number of carboxylic acid groups (broad SMARTS) is 1. The van der Waals surface area contributed by atoms with Crippen molar-refractivity contribution in [1.82, 2.24) is 0 Å².